The van der Waals surface area contributed by atoms with Crippen molar-refractivity contribution >= 4 is 16.9 Å². The Balaban J connectivity index is 1.93. The van der Waals surface area contributed by atoms with E-state index in [9.17, 15) is 30.0 Å². The summed E-state index contributed by atoms with van der Waals surface area (Å²) >= 11 is 0. The van der Waals surface area contributed by atoms with Crippen molar-refractivity contribution in [3.8, 4) is 0 Å². The van der Waals surface area contributed by atoms with E-state index in [1.165, 1.54) is 10.8 Å². The van der Waals surface area contributed by atoms with Crippen LogP contribution in [-0.2, 0) is 16.0 Å². The molecule has 1 saturated heterocycles. The molecule has 2 heterocycles. The fraction of sp³-hybridized carbons (Fsp3) is 0.545. The number of aromatic nitrogens is 1. The first-order chi connectivity index (χ1) is 14.8. The second kappa shape index (κ2) is 10.2. The van der Waals surface area contributed by atoms with Crippen LogP contribution in [0.4, 0.5) is 0 Å². The molecule has 1 aromatic heterocycles. The lowest BCUT2D eigenvalue weighted by Crippen LogP contribution is -2.62. The standard InChI is InChI=1S/C22H29NO8/c1-2-3-4-5-6-9-13-12-16(24)14-10-7-8-11-15(14)23(13)31-22-19(27)17(25)18(26)20(30-22)21(28)29/h7-8,10-12,17-20,22,25-27H,2-6,9H2,1H3,(H,28,29)/t17?,18-,19-,20?,22+/m0/s1. The normalized spacial score (nSPS) is 26.1. The quantitative estimate of drug-likeness (QED) is 0.425. The summed E-state index contributed by atoms with van der Waals surface area (Å²) < 4.78 is 6.61. The predicted molar refractivity (Wildman–Crippen MR) is 112 cm³/mol. The second-order valence-corrected chi connectivity index (χ2v) is 7.82. The number of aliphatic hydroxyl groups excluding tert-OH is 3. The van der Waals surface area contributed by atoms with Crippen LogP contribution in [0.2, 0.25) is 0 Å². The van der Waals surface area contributed by atoms with E-state index in [0.29, 0.717) is 23.0 Å². The largest absolute Gasteiger partial charge is 0.479 e. The third-order valence-electron chi connectivity index (χ3n) is 5.51. The molecule has 2 aromatic rings. The molecular weight excluding hydrogens is 406 g/mol. The maximum absolute atomic E-state index is 12.6. The molecule has 0 spiro atoms. The van der Waals surface area contributed by atoms with Gasteiger partial charge in [-0.15, -0.1) is 0 Å². The third-order valence-corrected chi connectivity index (χ3v) is 5.51. The molecule has 9 nitrogen and oxygen atoms in total. The zero-order chi connectivity index (χ0) is 22.5. The van der Waals surface area contributed by atoms with Gasteiger partial charge in [0.25, 0.3) is 6.29 Å². The molecule has 170 valence electrons. The molecule has 5 atom stereocenters. The van der Waals surface area contributed by atoms with Gasteiger partial charge in [0.15, 0.2) is 11.5 Å². The Kier molecular flexibility index (Phi) is 7.66. The first-order valence-corrected chi connectivity index (χ1v) is 10.6. The Bertz CT molecular complexity index is 958. The SMILES string of the molecule is CCCCCCCc1cc(=O)c2ccccc2n1O[C@H]1OC(C(=O)O)[C@@H](O)C(O)[C@@H]1O. The topological polar surface area (TPSA) is 138 Å². The number of para-hydroxylation sites is 1. The molecule has 1 aliphatic rings. The van der Waals surface area contributed by atoms with E-state index >= 15 is 0 Å². The lowest BCUT2D eigenvalue weighted by atomic mass is 9.99. The second-order valence-electron chi connectivity index (χ2n) is 7.82. The van der Waals surface area contributed by atoms with Crippen LogP contribution in [0.1, 0.15) is 44.7 Å². The molecule has 3 rings (SSSR count). The number of hydrogen-bond donors (Lipinski definition) is 4. The summed E-state index contributed by atoms with van der Waals surface area (Å²) in [6.45, 7) is 2.13. The average Bonchev–Trinajstić information content (AvgIpc) is 2.75. The number of unbranched alkanes of at least 4 members (excludes halogenated alkanes) is 4. The van der Waals surface area contributed by atoms with Crippen molar-refractivity contribution in [2.75, 3.05) is 0 Å². The highest BCUT2D eigenvalue weighted by Crippen LogP contribution is 2.23. The first-order valence-electron chi connectivity index (χ1n) is 10.6. The maximum atomic E-state index is 12.6. The monoisotopic (exact) mass is 435 g/mol. The van der Waals surface area contributed by atoms with Crippen LogP contribution >= 0.6 is 0 Å². The molecule has 9 heteroatoms. The Labute approximate surface area is 179 Å². The molecule has 0 saturated carbocycles. The third kappa shape index (κ3) is 5.07. The van der Waals surface area contributed by atoms with Crippen molar-refractivity contribution in [1.29, 1.82) is 0 Å². The van der Waals surface area contributed by atoms with Crippen LogP contribution < -0.4 is 10.3 Å². The highest BCUT2D eigenvalue weighted by molar-refractivity contribution is 5.79. The number of rotatable bonds is 9. The summed E-state index contributed by atoms with van der Waals surface area (Å²) in [5, 5.41) is 40.0. The Morgan fingerprint density at radius 3 is 2.48 bits per heavy atom. The molecule has 2 unspecified atom stereocenters. The number of nitrogens with zero attached hydrogens (tertiary/aromatic N) is 1. The van der Waals surface area contributed by atoms with Crippen molar-refractivity contribution in [3.05, 3.63) is 46.2 Å². The zero-order valence-electron chi connectivity index (χ0n) is 17.4. The van der Waals surface area contributed by atoms with E-state index in [1.54, 1.807) is 24.3 Å². The van der Waals surface area contributed by atoms with Crippen LogP contribution in [0.15, 0.2) is 35.1 Å². The minimum absolute atomic E-state index is 0.178. The summed E-state index contributed by atoms with van der Waals surface area (Å²) in [4.78, 5) is 29.8. The average molecular weight is 435 g/mol. The van der Waals surface area contributed by atoms with E-state index in [2.05, 4.69) is 6.92 Å². The van der Waals surface area contributed by atoms with Crippen LogP contribution in [0.5, 0.6) is 0 Å². The van der Waals surface area contributed by atoms with Crippen molar-refractivity contribution < 1.29 is 34.8 Å². The molecular formula is C22H29NO8. The molecule has 0 radical (unpaired) electrons. The summed E-state index contributed by atoms with van der Waals surface area (Å²) in [7, 11) is 0. The number of aryl methyl sites for hydroxylation is 1. The number of pyridine rings is 1. The summed E-state index contributed by atoms with van der Waals surface area (Å²) in [5.41, 5.74) is 0.799. The van der Waals surface area contributed by atoms with Crippen molar-refractivity contribution in [3.63, 3.8) is 0 Å². The Morgan fingerprint density at radius 1 is 1.06 bits per heavy atom. The maximum Gasteiger partial charge on any atom is 0.335 e. The van der Waals surface area contributed by atoms with Crippen molar-refractivity contribution in [1.82, 2.24) is 4.73 Å². The van der Waals surface area contributed by atoms with Gasteiger partial charge in [0.05, 0.1) is 11.2 Å². The Hall–Kier alpha value is -2.46. The fourth-order valence-electron chi connectivity index (χ4n) is 3.75. The zero-order valence-corrected chi connectivity index (χ0v) is 17.4. The van der Waals surface area contributed by atoms with Gasteiger partial charge in [0.1, 0.15) is 18.3 Å². The molecule has 31 heavy (non-hydrogen) atoms. The Morgan fingerprint density at radius 2 is 1.77 bits per heavy atom. The lowest BCUT2D eigenvalue weighted by Gasteiger charge is -2.38. The van der Waals surface area contributed by atoms with E-state index in [1.807, 2.05) is 0 Å². The van der Waals surface area contributed by atoms with E-state index in [0.717, 1.165) is 32.1 Å². The first kappa shape index (κ1) is 23.2. The van der Waals surface area contributed by atoms with Gasteiger partial charge in [0, 0.05) is 11.5 Å². The number of fused-ring (bicyclic) bond motifs is 1. The molecule has 0 amide bonds. The minimum Gasteiger partial charge on any atom is -0.479 e. The minimum atomic E-state index is -1.81. The van der Waals surface area contributed by atoms with Gasteiger partial charge in [-0.05, 0) is 25.0 Å². The van der Waals surface area contributed by atoms with Crippen LogP contribution in [0.3, 0.4) is 0 Å². The molecule has 1 aromatic carbocycles. The van der Waals surface area contributed by atoms with Crippen LogP contribution in [0.25, 0.3) is 10.9 Å². The van der Waals surface area contributed by atoms with E-state index < -0.39 is 36.7 Å². The number of carboxylic acid groups (broad SMARTS) is 1. The number of carbonyl (C=O) groups is 1. The van der Waals surface area contributed by atoms with Gasteiger partial charge < -0.3 is 30.0 Å². The number of ether oxygens (including phenoxy) is 1. The highest BCUT2D eigenvalue weighted by Gasteiger charge is 2.48. The fourth-order valence-corrected chi connectivity index (χ4v) is 3.75. The number of aliphatic hydroxyl groups is 3. The van der Waals surface area contributed by atoms with Gasteiger partial charge >= 0.3 is 5.97 Å². The van der Waals surface area contributed by atoms with Crippen molar-refractivity contribution in [2.45, 2.75) is 76.2 Å². The smallest absolute Gasteiger partial charge is 0.335 e. The summed E-state index contributed by atoms with van der Waals surface area (Å²) in [6.07, 6.45) is -2.99. The molecule has 1 fully saturated rings. The molecule has 0 bridgehead atoms. The van der Waals surface area contributed by atoms with Gasteiger partial charge in [-0.25, -0.2) is 4.79 Å². The molecule has 4 N–H and O–H groups in total. The summed E-state index contributed by atoms with van der Waals surface area (Å²) in [6, 6.07) is 8.21. The highest BCUT2D eigenvalue weighted by atomic mass is 16.8. The van der Waals surface area contributed by atoms with E-state index in [4.69, 9.17) is 9.57 Å². The van der Waals surface area contributed by atoms with Crippen LogP contribution in [0, 0.1) is 0 Å². The van der Waals surface area contributed by atoms with Crippen molar-refractivity contribution in [2.24, 2.45) is 0 Å². The number of benzene rings is 1. The lowest BCUT2D eigenvalue weighted by molar-refractivity contribution is -0.293. The van der Waals surface area contributed by atoms with Gasteiger partial charge in [-0.1, -0.05) is 44.7 Å². The summed E-state index contributed by atoms with van der Waals surface area (Å²) in [5.74, 6) is -1.49. The molecule has 0 aliphatic carbocycles. The number of aliphatic carboxylic acids is 1. The number of hydrogen-bond acceptors (Lipinski definition) is 7. The van der Waals surface area contributed by atoms with Gasteiger partial charge in [-0.3, -0.25) is 4.79 Å². The van der Waals surface area contributed by atoms with Gasteiger partial charge in [0.2, 0.25) is 0 Å². The molecule has 1 aliphatic heterocycles. The number of carboxylic acids is 1. The predicted octanol–water partition coefficient (Wildman–Crippen LogP) is 0.835. The van der Waals surface area contributed by atoms with Crippen LogP contribution in [-0.4, -0.2) is 61.8 Å². The van der Waals surface area contributed by atoms with Gasteiger partial charge in [-0.2, -0.15) is 4.73 Å². The van der Waals surface area contributed by atoms with E-state index in [-0.39, 0.29) is 5.43 Å².